The first-order valence-electron chi connectivity index (χ1n) is 7.23. The molecule has 3 rings (SSSR count). The van der Waals surface area contributed by atoms with Crippen molar-refractivity contribution in [2.45, 2.75) is 18.4 Å². The van der Waals surface area contributed by atoms with Crippen molar-refractivity contribution in [3.63, 3.8) is 0 Å². The molecule has 7 nitrogen and oxygen atoms in total. The first-order valence-corrected chi connectivity index (χ1v) is 7.23. The lowest BCUT2D eigenvalue weighted by atomic mass is 10.00. The minimum Gasteiger partial charge on any atom is -0.376 e. The fraction of sp³-hybridized carbons (Fsp3) is 0.312. The molecule has 2 aromatic rings. The van der Waals surface area contributed by atoms with Gasteiger partial charge in [-0.25, -0.2) is 0 Å². The van der Waals surface area contributed by atoms with Crippen molar-refractivity contribution in [1.82, 2.24) is 10.5 Å². The molecule has 120 valence electrons. The average molecular weight is 315 g/mol. The first kappa shape index (κ1) is 15.2. The number of benzene rings is 1. The van der Waals surface area contributed by atoms with Gasteiger partial charge in [-0.2, -0.15) is 0 Å². The van der Waals surface area contributed by atoms with Gasteiger partial charge in [0.05, 0.1) is 5.60 Å². The van der Waals surface area contributed by atoms with Gasteiger partial charge >= 0.3 is 11.8 Å². The lowest BCUT2D eigenvalue weighted by molar-refractivity contribution is -0.137. The largest absolute Gasteiger partial charge is 0.376 e. The molecule has 1 aliphatic carbocycles. The number of carbonyl (C=O) groups is 2. The molecule has 0 fully saturated rings. The standard InChI is InChI=1S/C16H17N3O4/c1-22-16(8-11-4-2-3-5-12(11)9-16)10-17-14(20)15(21)18-13-6-7-23-19-13/h2-7H,8-10H2,1H3,(H,17,20)(H,18,19,21). The number of carbonyl (C=O) groups excluding carboxylic acids is 2. The number of anilines is 1. The Hall–Kier alpha value is -2.67. The molecule has 23 heavy (non-hydrogen) atoms. The number of aromatic nitrogens is 1. The molecule has 2 N–H and O–H groups in total. The quantitative estimate of drug-likeness (QED) is 0.818. The molecule has 0 saturated heterocycles. The highest BCUT2D eigenvalue weighted by atomic mass is 16.5. The number of rotatable bonds is 4. The van der Waals surface area contributed by atoms with Crippen molar-refractivity contribution in [3.05, 3.63) is 47.7 Å². The minimum absolute atomic E-state index is 0.194. The Bertz CT molecular complexity index is 687. The smallest absolute Gasteiger partial charge is 0.314 e. The van der Waals surface area contributed by atoms with E-state index in [4.69, 9.17) is 4.74 Å². The van der Waals surface area contributed by atoms with Gasteiger partial charge in [-0.05, 0) is 11.1 Å². The maximum absolute atomic E-state index is 11.9. The van der Waals surface area contributed by atoms with Crippen LogP contribution in [0.2, 0.25) is 0 Å². The van der Waals surface area contributed by atoms with Crippen LogP contribution in [0.3, 0.4) is 0 Å². The van der Waals surface area contributed by atoms with Crippen LogP contribution >= 0.6 is 0 Å². The number of hydrogen-bond acceptors (Lipinski definition) is 5. The second-order valence-electron chi connectivity index (χ2n) is 5.53. The fourth-order valence-electron chi connectivity index (χ4n) is 2.77. The summed E-state index contributed by atoms with van der Waals surface area (Å²) in [6.07, 6.45) is 2.71. The summed E-state index contributed by atoms with van der Waals surface area (Å²) in [4.78, 5) is 23.7. The third kappa shape index (κ3) is 3.24. The summed E-state index contributed by atoms with van der Waals surface area (Å²) in [6, 6.07) is 9.52. The summed E-state index contributed by atoms with van der Waals surface area (Å²) in [5.74, 6) is -1.33. The second-order valence-corrected chi connectivity index (χ2v) is 5.53. The van der Waals surface area contributed by atoms with Gasteiger partial charge < -0.3 is 14.6 Å². The zero-order valence-electron chi connectivity index (χ0n) is 12.7. The van der Waals surface area contributed by atoms with E-state index >= 15 is 0 Å². The molecule has 0 radical (unpaired) electrons. The Morgan fingerprint density at radius 3 is 2.48 bits per heavy atom. The van der Waals surface area contributed by atoms with E-state index < -0.39 is 17.4 Å². The highest BCUT2D eigenvalue weighted by molar-refractivity contribution is 6.39. The van der Waals surface area contributed by atoms with Crippen LogP contribution in [-0.2, 0) is 27.2 Å². The highest BCUT2D eigenvalue weighted by Crippen LogP contribution is 2.32. The van der Waals surface area contributed by atoms with Crippen molar-refractivity contribution >= 4 is 17.6 Å². The van der Waals surface area contributed by atoms with Gasteiger partial charge in [0, 0.05) is 32.6 Å². The summed E-state index contributed by atoms with van der Waals surface area (Å²) >= 11 is 0. The SMILES string of the molecule is COC1(CNC(=O)C(=O)Nc2ccon2)Cc2ccccc2C1. The third-order valence-electron chi connectivity index (χ3n) is 4.03. The van der Waals surface area contributed by atoms with Crippen LogP contribution in [0.5, 0.6) is 0 Å². The third-order valence-corrected chi connectivity index (χ3v) is 4.03. The molecule has 1 aromatic heterocycles. The normalized spacial score (nSPS) is 15.0. The van der Waals surface area contributed by atoms with E-state index in [2.05, 4.69) is 32.4 Å². The van der Waals surface area contributed by atoms with Crippen LogP contribution in [-0.4, -0.2) is 36.2 Å². The summed E-state index contributed by atoms with van der Waals surface area (Å²) in [5.41, 5.74) is 1.89. The molecule has 0 atom stereocenters. The van der Waals surface area contributed by atoms with Gasteiger partial charge in [-0.3, -0.25) is 14.9 Å². The maximum atomic E-state index is 11.9. The second kappa shape index (κ2) is 6.21. The van der Waals surface area contributed by atoms with Gasteiger partial charge in [0.1, 0.15) is 6.26 Å². The fourth-order valence-corrected chi connectivity index (χ4v) is 2.77. The predicted molar refractivity (Wildman–Crippen MR) is 81.7 cm³/mol. The monoisotopic (exact) mass is 315 g/mol. The van der Waals surface area contributed by atoms with Gasteiger partial charge in [0.25, 0.3) is 0 Å². The zero-order chi connectivity index (χ0) is 16.3. The predicted octanol–water partition coefficient (Wildman–Crippen LogP) is 0.913. The van der Waals surface area contributed by atoms with Crippen LogP contribution in [0.1, 0.15) is 11.1 Å². The Morgan fingerprint density at radius 1 is 1.22 bits per heavy atom. The molecule has 7 heteroatoms. The van der Waals surface area contributed by atoms with Crippen molar-refractivity contribution in [2.24, 2.45) is 0 Å². The Labute approximate surface area is 133 Å². The van der Waals surface area contributed by atoms with Crippen LogP contribution in [0.4, 0.5) is 5.82 Å². The van der Waals surface area contributed by atoms with Crippen LogP contribution < -0.4 is 10.6 Å². The van der Waals surface area contributed by atoms with Crippen molar-refractivity contribution in [2.75, 3.05) is 19.0 Å². The summed E-state index contributed by atoms with van der Waals surface area (Å²) in [6.45, 7) is 0.253. The molecular weight excluding hydrogens is 298 g/mol. The Balaban J connectivity index is 1.59. The van der Waals surface area contributed by atoms with Gasteiger partial charge in [-0.15, -0.1) is 0 Å². The topological polar surface area (TPSA) is 93.5 Å². The molecule has 0 saturated carbocycles. The van der Waals surface area contributed by atoms with Crippen molar-refractivity contribution in [3.8, 4) is 0 Å². The van der Waals surface area contributed by atoms with Crippen molar-refractivity contribution < 1.29 is 18.8 Å². The number of nitrogens with one attached hydrogen (secondary N) is 2. The summed E-state index contributed by atoms with van der Waals surface area (Å²) in [5, 5.41) is 8.50. The number of nitrogens with zero attached hydrogens (tertiary/aromatic N) is 1. The van der Waals surface area contributed by atoms with Crippen LogP contribution in [0.25, 0.3) is 0 Å². The first-order chi connectivity index (χ1) is 11.1. The zero-order valence-corrected chi connectivity index (χ0v) is 12.7. The average Bonchev–Trinajstić information content (AvgIpc) is 3.19. The van der Waals surface area contributed by atoms with E-state index in [1.807, 2.05) is 12.1 Å². The van der Waals surface area contributed by atoms with Crippen LogP contribution in [0.15, 0.2) is 41.1 Å². The number of fused-ring (bicyclic) bond motifs is 1. The van der Waals surface area contributed by atoms with E-state index in [-0.39, 0.29) is 12.4 Å². The summed E-state index contributed by atoms with van der Waals surface area (Å²) in [7, 11) is 1.62. The molecule has 1 heterocycles. The van der Waals surface area contributed by atoms with Crippen molar-refractivity contribution in [1.29, 1.82) is 0 Å². The lowest BCUT2D eigenvalue weighted by Crippen LogP contribution is -2.48. The van der Waals surface area contributed by atoms with E-state index in [1.165, 1.54) is 23.5 Å². The molecule has 0 bridgehead atoms. The number of hydrogen-bond donors (Lipinski definition) is 2. The lowest BCUT2D eigenvalue weighted by Gasteiger charge is -2.27. The van der Waals surface area contributed by atoms with Crippen LogP contribution in [0, 0.1) is 0 Å². The van der Waals surface area contributed by atoms with E-state index in [0.29, 0.717) is 12.8 Å². The molecule has 1 aliphatic rings. The van der Waals surface area contributed by atoms with Gasteiger partial charge in [0.15, 0.2) is 5.82 Å². The molecule has 0 spiro atoms. The molecule has 0 aliphatic heterocycles. The number of ether oxygens (including phenoxy) is 1. The van der Waals surface area contributed by atoms with E-state index in [1.54, 1.807) is 7.11 Å². The highest BCUT2D eigenvalue weighted by Gasteiger charge is 2.37. The molecule has 0 unspecified atom stereocenters. The molecular formula is C16H17N3O4. The Morgan fingerprint density at radius 2 is 1.91 bits per heavy atom. The molecule has 1 aromatic carbocycles. The Kier molecular flexibility index (Phi) is 4.12. The van der Waals surface area contributed by atoms with E-state index in [9.17, 15) is 9.59 Å². The maximum Gasteiger partial charge on any atom is 0.314 e. The molecule has 2 amide bonds. The van der Waals surface area contributed by atoms with Gasteiger partial charge in [-0.1, -0.05) is 29.4 Å². The number of amides is 2. The van der Waals surface area contributed by atoms with Gasteiger partial charge in [0.2, 0.25) is 0 Å². The van der Waals surface area contributed by atoms with E-state index in [0.717, 1.165) is 0 Å². The minimum atomic E-state index is -0.791. The number of methoxy groups -OCH3 is 1. The summed E-state index contributed by atoms with van der Waals surface area (Å²) < 4.78 is 10.2.